The first-order valence-electron chi connectivity index (χ1n) is 5.79. The lowest BCUT2D eigenvalue weighted by Crippen LogP contribution is -2.64. The monoisotopic (exact) mass is 204 g/mol. The van der Waals surface area contributed by atoms with Gasteiger partial charge in [-0.3, -0.25) is 0 Å². The Balaban J connectivity index is 1.84. The largest absolute Gasteiger partial charge is 0.411 e. The summed E-state index contributed by atoms with van der Waals surface area (Å²) >= 11 is 0. The average Bonchev–Trinajstić information content (AvgIpc) is 2.64. The van der Waals surface area contributed by atoms with Gasteiger partial charge in [0.05, 0.1) is 11.4 Å². The van der Waals surface area contributed by atoms with Gasteiger partial charge in [-0.15, -0.1) is 0 Å². The zero-order valence-electron chi connectivity index (χ0n) is 8.17. The molecule has 7 unspecified atom stereocenters. The van der Waals surface area contributed by atoms with Crippen molar-refractivity contribution < 1.29 is 10.4 Å². The molecule has 0 aliphatic heterocycles. The molecule has 4 heteroatoms. The first-order chi connectivity index (χ1) is 7.34. The average molecular weight is 204 g/mol. The summed E-state index contributed by atoms with van der Waals surface area (Å²) in [6, 6.07) is 0. The molecule has 0 amide bonds. The fourth-order valence-corrected chi connectivity index (χ4v) is 6.20. The van der Waals surface area contributed by atoms with Gasteiger partial charge in [0.1, 0.15) is 0 Å². The Hall–Kier alpha value is -1.06. The molecule has 15 heavy (non-hydrogen) atoms. The van der Waals surface area contributed by atoms with Gasteiger partial charge in [-0.05, 0) is 30.6 Å². The number of oxime groups is 2. The maximum Gasteiger partial charge on any atom is 0.0682 e. The second kappa shape index (κ2) is 1.70. The molecule has 0 aromatic carbocycles. The number of rotatable bonds is 0. The van der Waals surface area contributed by atoms with Gasteiger partial charge in [-0.25, -0.2) is 0 Å². The molecule has 0 aromatic heterocycles. The van der Waals surface area contributed by atoms with Crippen molar-refractivity contribution in [3.8, 4) is 0 Å². The summed E-state index contributed by atoms with van der Waals surface area (Å²) in [6.45, 7) is 0. The van der Waals surface area contributed by atoms with E-state index >= 15 is 0 Å². The van der Waals surface area contributed by atoms with Crippen molar-refractivity contribution in [1.29, 1.82) is 0 Å². The highest BCUT2D eigenvalue weighted by Crippen LogP contribution is 2.87. The van der Waals surface area contributed by atoms with Crippen molar-refractivity contribution >= 4 is 11.4 Å². The molecule has 7 aliphatic carbocycles. The molecule has 7 saturated carbocycles. The summed E-state index contributed by atoms with van der Waals surface area (Å²) in [4.78, 5) is 0. The summed E-state index contributed by atoms with van der Waals surface area (Å²) in [7, 11) is 0. The van der Waals surface area contributed by atoms with Crippen LogP contribution in [0.15, 0.2) is 10.3 Å². The Kier molecular flexibility index (Phi) is 0.822. The maximum absolute atomic E-state index is 9.18. The van der Waals surface area contributed by atoms with Crippen LogP contribution in [0, 0.1) is 40.9 Å². The first kappa shape index (κ1) is 7.25. The minimum Gasteiger partial charge on any atom is -0.411 e. The smallest absolute Gasteiger partial charge is 0.0682 e. The van der Waals surface area contributed by atoms with E-state index in [0.717, 1.165) is 29.2 Å². The third-order valence-corrected chi connectivity index (χ3v) is 6.21. The van der Waals surface area contributed by atoms with E-state index in [-0.39, 0.29) is 5.41 Å². The van der Waals surface area contributed by atoms with Crippen LogP contribution in [0.4, 0.5) is 0 Å². The van der Waals surface area contributed by atoms with Gasteiger partial charge in [0, 0.05) is 23.2 Å². The summed E-state index contributed by atoms with van der Waals surface area (Å²) < 4.78 is 0. The Bertz CT molecular complexity index is 450. The van der Waals surface area contributed by atoms with E-state index in [9.17, 15) is 5.21 Å². The van der Waals surface area contributed by atoms with Crippen LogP contribution in [0.5, 0.6) is 0 Å². The SMILES string of the molecule is O/N=C1\C2CC3C1C14CC(C2/C1=N\O)C34. The Morgan fingerprint density at radius 2 is 2.07 bits per heavy atom. The van der Waals surface area contributed by atoms with Gasteiger partial charge in [0.25, 0.3) is 0 Å². The fourth-order valence-electron chi connectivity index (χ4n) is 6.20. The van der Waals surface area contributed by atoms with Crippen molar-refractivity contribution in [2.45, 2.75) is 12.8 Å². The topological polar surface area (TPSA) is 65.2 Å². The van der Waals surface area contributed by atoms with E-state index in [0.29, 0.717) is 17.8 Å². The molecule has 0 aromatic rings. The van der Waals surface area contributed by atoms with E-state index in [1.54, 1.807) is 0 Å². The van der Waals surface area contributed by atoms with Crippen LogP contribution in [0.3, 0.4) is 0 Å². The van der Waals surface area contributed by atoms with Gasteiger partial charge in [-0.1, -0.05) is 10.3 Å². The molecule has 0 saturated heterocycles. The van der Waals surface area contributed by atoms with Crippen LogP contribution >= 0.6 is 0 Å². The van der Waals surface area contributed by atoms with Crippen LogP contribution in [0.1, 0.15) is 12.8 Å². The molecular weight excluding hydrogens is 192 g/mol. The van der Waals surface area contributed by atoms with Crippen LogP contribution < -0.4 is 0 Å². The summed E-state index contributed by atoms with van der Waals surface area (Å²) in [6.07, 6.45) is 2.37. The molecule has 1 spiro atoms. The quantitative estimate of drug-likeness (QED) is 0.459. The molecule has 2 N–H and O–H groups in total. The number of hydrogen-bond acceptors (Lipinski definition) is 4. The van der Waals surface area contributed by atoms with Gasteiger partial charge in [0.15, 0.2) is 0 Å². The van der Waals surface area contributed by atoms with Gasteiger partial charge in [-0.2, -0.15) is 0 Å². The third-order valence-electron chi connectivity index (χ3n) is 6.21. The van der Waals surface area contributed by atoms with Crippen molar-refractivity contribution in [3.63, 3.8) is 0 Å². The molecule has 4 nitrogen and oxygen atoms in total. The van der Waals surface area contributed by atoms with E-state index in [2.05, 4.69) is 10.3 Å². The predicted octanol–water partition coefficient (Wildman–Crippen LogP) is 1.18. The lowest BCUT2D eigenvalue weighted by atomic mass is 9.38. The lowest BCUT2D eigenvalue weighted by molar-refractivity contribution is -0.151. The summed E-state index contributed by atoms with van der Waals surface area (Å²) in [5, 5.41) is 25.4. The normalized spacial score (nSPS) is 71.2. The van der Waals surface area contributed by atoms with Gasteiger partial charge >= 0.3 is 0 Å². The number of nitrogens with zero attached hydrogens (tertiary/aromatic N) is 2. The van der Waals surface area contributed by atoms with Crippen LogP contribution in [0.2, 0.25) is 0 Å². The highest BCUT2D eigenvalue weighted by Gasteiger charge is 2.88. The standard InChI is InChI=1S/C11H12N2O2/c14-12-9-3-1-4-7-5-2-11(7,8(4)9)10(13-15)6(3)5/h3-8,14-15H,1-2H2/b12-9+,13-10+. The molecule has 7 fully saturated rings. The van der Waals surface area contributed by atoms with Crippen LogP contribution in [-0.2, 0) is 0 Å². The highest BCUT2D eigenvalue weighted by atomic mass is 16.4. The van der Waals surface area contributed by atoms with Crippen LogP contribution in [0.25, 0.3) is 0 Å². The van der Waals surface area contributed by atoms with E-state index in [1.807, 2.05) is 0 Å². The Labute approximate surface area is 86.6 Å². The molecular formula is C11H12N2O2. The molecule has 78 valence electrons. The van der Waals surface area contributed by atoms with Crippen molar-refractivity contribution in [2.24, 2.45) is 51.2 Å². The first-order valence-corrected chi connectivity index (χ1v) is 5.79. The Morgan fingerprint density at radius 1 is 1.20 bits per heavy atom. The lowest BCUT2D eigenvalue weighted by Gasteiger charge is -2.64. The van der Waals surface area contributed by atoms with Crippen LogP contribution in [-0.4, -0.2) is 21.8 Å². The highest BCUT2D eigenvalue weighted by molar-refractivity contribution is 6.13. The Morgan fingerprint density at radius 3 is 2.80 bits per heavy atom. The number of hydrogen-bond donors (Lipinski definition) is 2. The third kappa shape index (κ3) is 0.404. The molecule has 7 bridgehead atoms. The van der Waals surface area contributed by atoms with Crippen molar-refractivity contribution in [1.82, 2.24) is 0 Å². The second-order valence-corrected chi connectivity index (χ2v) is 5.95. The molecule has 7 rings (SSSR count). The molecule has 0 radical (unpaired) electrons. The summed E-state index contributed by atoms with van der Waals surface area (Å²) in [5.41, 5.74) is 2.26. The maximum atomic E-state index is 9.18. The van der Waals surface area contributed by atoms with E-state index < -0.39 is 0 Å². The van der Waals surface area contributed by atoms with Crippen molar-refractivity contribution in [2.75, 3.05) is 0 Å². The molecule has 7 atom stereocenters. The minimum atomic E-state index is 0.156. The van der Waals surface area contributed by atoms with E-state index in [4.69, 9.17) is 5.21 Å². The zero-order valence-corrected chi connectivity index (χ0v) is 8.17. The fraction of sp³-hybridized carbons (Fsp3) is 0.818. The second-order valence-electron chi connectivity index (χ2n) is 5.95. The predicted molar refractivity (Wildman–Crippen MR) is 51.1 cm³/mol. The van der Waals surface area contributed by atoms with Gasteiger partial charge in [0.2, 0.25) is 0 Å². The minimum absolute atomic E-state index is 0.156. The van der Waals surface area contributed by atoms with Gasteiger partial charge < -0.3 is 10.4 Å². The summed E-state index contributed by atoms with van der Waals surface area (Å²) in [5.74, 6) is 3.51. The molecule has 0 heterocycles. The zero-order chi connectivity index (χ0) is 9.95. The van der Waals surface area contributed by atoms with E-state index in [1.165, 1.54) is 12.8 Å². The van der Waals surface area contributed by atoms with Crippen molar-refractivity contribution in [3.05, 3.63) is 0 Å². The molecule has 7 aliphatic rings.